The van der Waals surface area contributed by atoms with E-state index >= 15 is 0 Å². The second kappa shape index (κ2) is 5.24. The molecule has 1 N–H and O–H groups in total. The summed E-state index contributed by atoms with van der Waals surface area (Å²) < 4.78 is 6.73. The lowest BCUT2D eigenvalue weighted by atomic mass is 10.1. The number of carboxylic acid groups (broad SMARTS) is 1. The number of ether oxygens (including phenoxy) is 1. The first-order valence-electron chi connectivity index (χ1n) is 6.47. The van der Waals surface area contributed by atoms with Crippen molar-refractivity contribution in [2.24, 2.45) is 0 Å². The van der Waals surface area contributed by atoms with Crippen LogP contribution in [-0.2, 0) is 15.1 Å². The van der Waals surface area contributed by atoms with Gasteiger partial charge in [0.2, 0.25) is 0 Å². The summed E-state index contributed by atoms with van der Waals surface area (Å²) in [5.74, 6) is -0.852. The highest BCUT2D eigenvalue weighted by atomic mass is 16.5. The lowest BCUT2D eigenvalue weighted by Crippen LogP contribution is -2.53. The molecular weight excluding hydrogens is 262 g/mol. The fraction of sp³-hybridized carbons (Fsp3) is 0.615. The Morgan fingerprint density at radius 2 is 2.20 bits per heavy atom. The number of aliphatic carboxylic acids is 1. The Morgan fingerprint density at radius 3 is 2.80 bits per heavy atom. The maximum atomic E-state index is 12.5. The topological polar surface area (TPSA) is 84.7 Å². The summed E-state index contributed by atoms with van der Waals surface area (Å²) in [6.07, 6.45) is 3.14. The molecule has 1 aromatic rings. The molecule has 0 spiro atoms. The molecule has 2 rings (SSSR count). The van der Waals surface area contributed by atoms with Crippen molar-refractivity contribution in [2.45, 2.75) is 32.4 Å². The van der Waals surface area contributed by atoms with Crippen molar-refractivity contribution in [1.29, 1.82) is 0 Å². The predicted molar refractivity (Wildman–Crippen MR) is 73.1 cm³/mol. The van der Waals surface area contributed by atoms with Gasteiger partial charge in [0.15, 0.2) is 11.9 Å². The van der Waals surface area contributed by atoms with Gasteiger partial charge in [0.05, 0.1) is 13.2 Å². The monoisotopic (exact) mass is 281 g/mol. The number of rotatable bonds is 2. The highest BCUT2D eigenvalue weighted by Crippen LogP contribution is 2.16. The molecule has 7 heteroatoms. The van der Waals surface area contributed by atoms with E-state index in [0.29, 0.717) is 13.2 Å². The van der Waals surface area contributed by atoms with Crippen molar-refractivity contribution in [3.05, 3.63) is 22.7 Å². The zero-order valence-corrected chi connectivity index (χ0v) is 11.9. The van der Waals surface area contributed by atoms with Gasteiger partial charge in [-0.05, 0) is 20.8 Å². The molecule has 1 aliphatic rings. The largest absolute Gasteiger partial charge is 0.480 e. The van der Waals surface area contributed by atoms with E-state index in [2.05, 4.69) is 4.98 Å². The molecule has 0 aliphatic carbocycles. The summed E-state index contributed by atoms with van der Waals surface area (Å²) in [5.41, 5.74) is -0.673. The Balaban J connectivity index is 2.47. The van der Waals surface area contributed by atoms with E-state index in [9.17, 15) is 14.7 Å². The van der Waals surface area contributed by atoms with Crippen LogP contribution in [-0.4, -0.2) is 46.4 Å². The molecule has 0 radical (unpaired) electrons. The van der Waals surface area contributed by atoms with Crippen LogP contribution < -0.4 is 10.5 Å². The molecular formula is C13H19N3O4. The summed E-state index contributed by atoms with van der Waals surface area (Å²) >= 11 is 0. The Kier molecular flexibility index (Phi) is 3.80. The van der Waals surface area contributed by atoms with Crippen LogP contribution in [0.1, 0.15) is 20.8 Å². The molecule has 1 aliphatic heterocycles. The number of carboxylic acids is 1. The van der Waals surface area contributed by atoms with Crippen LogP contribution in [0.4, 0.5) is 5.82 Å². The van der Waals surface area contributed by atoms with Crippen LogP contribution in [0.5, 0.6) is 0 Å². The number of aromatic nitrogens is 2. The van der Waals surface area contributed by atoms with Gasteiger partial charge in [0.1, 0.15) is 0 Å². The molecule has 0 aromatic carbocycles. The lowest BCUT2D eigenvalue weighted by molar-refractivity contribution is -0.141. The van der Waals surface area contributed by atoms with E-state index in [4.69, 9.17) is 4.74 Å². The minimum atomic E-state index is -1.02. The molecule has 110 valence electrons. The average molecular weight is 281 g/mol. The number of nitrogens with zero attached hydrogens (tertiary/aromatic N) is 3. The molecule has 1 aromatic heterocycles. The van der Waals surface area contributed by atoms with Crippen molar-refractivity contribution >= 4 is 11.8 Å². The minimum Gasteiger partial charge on any atom is -0.480 e. The number of hydrogen-bond donors (Lipinski definition) is 1. The quantitative estimate of drug-likeness (QED) is 0.838. The van der Waals surface area contributed by atoms with Gasteiger partial charge >= 0.3 is 5.97 Å². The maximum Gasteiger partial charge on any atom is 0.328 e. The predicted octanol–water partition coefficient (Wildman–Crippen LogP) is 0.288. The SMILES string of the molecule is CC(C)(C)n1ccnc(N2CCOCC2C(=O)O)c1=O. The first-order chi connectivity index (χ1) is 9.32. The third-order valence-corrected chi connectivity index (χ3v) is 3.23. The van der Waals surface area contributed by atoms with Gasteiger partial charge in [-0.15, -0.1) is 0 Å². The molecule has 0 amide bonds. The molecule has 0 bridgehead atoms. The fourth-order valence-electron chi connectivity index (χ4n) is 2.19. The van der Waals surface area contributed by atoms with Gasteiger partial charge in [-0.25, -0.2) is 9.78 Å². The summed E-state index contributed by atoms with van der Waals surface area (Å²) in [6, 6.07) is -0.875. The molecule has 7 nitrogen and oxygen atoms in total. The maximum absolute atomic E-state index is 12.5. The second-order valence-corrected chi connectivity index (χ2v) is 5.72. The van der Waals surface area contributed by atoms with Crippen molar-refractivity contribution in [1.82, 2.24) is 9.55 Å². The van der Waals surface area contributed by atoms with E-state index in [-0.39, 0.29) is 23.5 Å². The van der Waals surface area contributed by atoms with Gasteiger partial charge < -0.3 is 19.3 Å². The molecule has 1 saturated heterocycles. The third-order valence-electron chi connectivity index (χ3n) is 3.23. The number of hydrogen-bond acceptors (Lipinski definition) is 5. The van der Waals surface area contributed by atoms with E-state index < -0.39 is 12.0 Å². The smallest absolute Gasteiger partial charge is 0.328 e. The number of carbonyl (C=O) groups is 1. The minimum absolute atomic E-state index is 0.0564. The first-order valence-corrected chi connectivity index (χ1v) is 6.47. The Morgan fingerprint density at radius 1 is 1.50 bits per heavy atom. The van der Waals surface area contributed by atoms with Crippen LogP contribution in [0.15, 0.2) is 17.2 Å². The van der Waals surface area contributed by atoms with Crippen LogP contribution >= 0.6 is 0 Å². The first kappa shape index (κ1) is 14.5. The average Bonchev–Trinajstić information content (AvgIpc) is 2.37. The Hall–Kier alpha value is -1.89. The Bertz CT molecular complexity index is 561. The van der Waals surface area contributed by atoms with Crippen LogP contribution in [0.2, 0.25) is 0 Å². The standard InChI is InChI=1S/C13H19N3O4/c1-13(2,3)16-5-4-14-10(11(16)17)15-6-7-20-8-9(15)12(18)19/h4-5,9H,6-8H2,1-3H3,(H,18,19). The van der Waals surface area contributed by atoms with Crippen LogP contribution in [0.3, 0.4) is 0 Å². The van der Waals surface area contributed by atoms with Crippen LogP contribution in [0.25, 0.3) is 0 Å². The third kappa shape index (κ3) is 2.67. The van der Waals surface area contributed by atoms with Gasteiger partial charge in [-0.3, -0.25) is 4.79 Å². The molecule has 1 atom stereocenters. The Labute approximate surface area is 116 Å². The van der Waals surface area contributed by atoms with Crippen molar-refractivity contribution in [2.75, 3.05) is 24.7 Å². The number of morpholine rings is 1. The molecule has 0 saturated carbocycles. The molecule has 2 heterocycles. The lowest BCUT2D eigenvalue weighted by Gasteiger charge is -2.34. The van der Waals surface area contributed by atoms with Gasteiger partial charge in [0, 0.05) is 24.5 Å². The number of anilines is 1. The van der Waals surface area contributed by atoms with E-state index in [1.807, 2.05) is 20.8 Å². The summed E-state index contributed by atoms with van der Waals surface area (Å²) in [4.78, 5) is 29.4. The van der Waals surface area contributed by atoms with E-state index in [1.54, 1.807) is 10.8 Å². The van der Waals surface area contributed by atoms with Gasteiger partial charge in [0.25, 0.3) is 5.56 Å². The van der Waals surface area contributed by atoms with Gasteiger partial charge in [-0.1, -0.05) is 0 Å². The zero-order valence-electron chi connectivity index (χ0n) is 11.9. The molecule has 20 heavy (non-hydrogen) atoms. The van der Waals surface area contributed by atoms with E-state index in [1.165, 1.54) is 11.1 Å². The van der Waals surface area contributed by atoms with E-state index in [0.717, 1.165) is 0 Å². The van der Waals surface area contributed by atoms with Gasteiger partial charge in [-0.2, -0.15) is 0 Å². The zero-order chi connectivity index (χ0) is 14.9. The summed E-state index contributed by atoms with van der Waals surface area (Å²) in [5, 5.41) is 9.23. The molecule has 1 fully saturated rings. The van der Waals surface area contributed by atoms with Crippen molar-refractivity contribution in [3.8, 4) is 0 Å². The second-order valence-electron chi connectivity index (χ2n) is 5.72. The van der Waals surface area contributed by atoms with Crippen molar-refractivity contribution < 1.29 is 14.6 Å². The summed E-state index contributed by atoms with van der Waals surface area (Å²) in [6.45, 7) is 6.51. The van der Waals surface area contributed by atoms with Crippen molar-refractivity contribution in [3.63, 3.8) is 0 Å². The normalized spacial score (nSPS) is 19.9. The summed E-state index contributed by atoms with van der Waals surface area (Å²) in [7, 11) is 0. The highest BCUT2D eigenvalue weighted by molar-refractivity contribution is 5.78. The van der Waals surface area contributed by atoms with Crippen LogP contribution in [0, 0.1) is 0 Å². The molecule has 1 unspecified atom stereocenters. The highest BCUT2D eigenvalue weighted by Gasteiger charge is 2.32. The fourth-order valence-corrected chi connectivity index (χ4v) is 2.19.